The van der Waals surface area contributed by atoms with Crippen molar-refractivity contribution in [2.45, 2.75) is 17.8 Å². The molecule has 2 heterocycles. The number of carbonyl (C=O) groups excluding carboxylic acids is 1. The van der Waals surface area contributed by atoms with Gasteiger partial charge in [-0.2, -0.15) is 0 Å². The van der Waals surface area contributed by atoms with Gasteiger partial charge in [0.05, 0.1) is 5.97 Å². The van der Waals surface area contributed by atoms with Crippen molar-refractivity contribution in [2.24, 2.45) is 47.3 Å². The van der Waals surface area contributed by atoms with E-state index in [0.29, 0.717) is 23.7 Å². The summed E-state index contributed by atoms with van der Waals surface area (Å²) in [6.07, 6.45) is 1.14. The molecule has 7 rings (SSSR count). The van der Waals surface area contributed by atoms with Crippen LogP contribution in [-0.2, 0) is 9.53 Å². The van der Waals surface area contributed by atoms with Crippen LogP contribution in [0.15, 0.2) is 0 Å². The molecule has 2 aliphatic heterocycles. The zero-order chi connectivity index (χ0) is 10.6. The van der Waals surface area contributed by atoms with E-state index in [9.17, 15) is 15.0 Å². The van der Waals surface area contributed by atoms with E-state index in [1.807, 2.05) is 0 Å². The zero-order valence-electron chi connectivity index (χ0n) is 8.50. The Morgan fingerprint density at radius 2 is 1.88 bits per heavy atom. The highest BCUT2D eigenvalue weighted by molar-refractivity contribution is 5.81. The van der Waals surface area contributed by atoms with Gasteiger partial charge in [-0.05, 0) is 30.1 Å². The number of ether oxygens (including phenoxy) is 1. The van der Waals surface area contributed by atoms with Crippen molar-refractivity contribution in [3.63, 3.8) is 0 Å². The van der Waals surface area contributed by atoms with Crippen LogP contribution >= 0.6 is 0 Å². The monoisotopic (exact) mass is 219 g/mol. The SMILES string of the molecule is O=C([O-])C12OC3(O)C4C5CC(C6C5C3C61)C42. The van der Waals surface area contributed by atoms with Crippen LogP contribution in [0.25, 0.3) is 0 Å². The molecule has 5 aliphatic carbocycles. The van der Waals surface area contributed by atoms with Gasteiger partial charge in [0.1, 0.15) is 5.60 Å². The van der Waals surface area contributed by atoms with E-state index >= 15 is 0 Å². The van der Waals surface area contributed by atoms with Gasteiger partial charge in [0.15, 0.2) is 5.79 Å². The van der Waals surface area contributed by atoms with Crippen molar-refractivity contribution in [2.75, 3.05) is 0 Å². The largest absolute Gasteiger partial charge is 0.547 e. The zero-order valence-corrected chi connectivity index (χ0v) is 8.50. The van der Waals surface area contributed by atoms with Crippen LogP contribution in [-0.4, -0.2) is 22.5 Å². The topological polar surface area (TPSA) is 69.6 Å². The number of hydrogen-bond donors (Lipinski definition) is 1. The summed E-state index contributed by atoms with van der Waals surface area (Å²) in [6, 6.07) is 0. The van der Waals surface area contributed by atoms with Gasteiger partial charge in [-0.1, -0.05) is 0 Å². The van der Waals surface area contributed by atoms with Gasteiger partial charge in [-0.3, -0.25) is 0 Å². The predicted octanol–water partition coefficient (Wildman–Crippen LogP) is -1.42. The lowest BCUT2D eigenvalue weighted by atomic mass is 9.56. The van der Waals surface area contributed by atoms with Crippen LogP contribution in [0.4, 0.5) is 0 Å². The standard InChI is InChI=1S/C12H12O4/c13-10(14)11-6-2-1-3-5-4(2)8(11)9(5)12(15,16-11)7(3)6/h2-9,15H,1H2,(H,13,14)/p-1. The van der Waals surface area contributed by atoms with Crippen LogP contribution in [0, 0.1) is 47.3 Å². The lowest BCUT2D eigenvalue weighted by Crippen LogP contribution is -2.58. The molecule has 1 N–H and O–H groups in total. The molecule has 0 amide bonds. The minimum absolute atomic E-state index is 0.0671. The maximum Gasteiger partial charge on any atom is 0.173 e. The fourth-order valence-corrected chi connectivity index (χ4v) is 7.38. The van der Waals surface area contributed by atoms with Crippen LogP contribution in [0.1, 0.15) is 6.42 Å². The minimum Gasteiger partial charge on any atom is -0.547 e. The van der Waals surface area contributed by atoms with Crippen LogP contribution in [0.3, 0.4) is 0 Å². The Labute approximate surface area is 91.6 Å². The van der Waals surface area contributed by atoms with E-state index in [1.165, 1.54) is 0 Å². The quantitative estimate of drug-likeness (QED) is 0.587. The Balaban J connectivity index is 1.76. The highest BCUT2D eigenvalue weighted by atomic mass is 16.7. The third-order valence-corrected chi connectivity index (χ3v) is 7.10. The molecule has 4 nitrogen and oxygen atoms in total. The number of rotatable bonds is 1. The Morgan fingerprint density at radius 3 is 2.62 bits per heavy atom. The van der Waals surface area contributed by atoms with Gasteiger partial charge in [-0.15, -0.1) is 0 Å². The molecule has 10 atom stereocenters. The molecule has 4 heteroatoms. The first-order valence-corrected chi connectivity index (χ1v) is 6.26. The number of aliphatic hydroxyl groups is 1. The number of carboxylic acids is 1. The second-order valence-electron chi connectivity index (χ2n) is 6.76. The molecule has 7 aliphatic rings. The van der Waals surface area contributed by atoms with Gasteiger partial charge in [0.2, 0.25) is 0 Å². The van der Waals surface area contributed by atoms with Crippen LogP contribution < -0.4 is 5.11 Å². The third-order valence-electron chi connectivity index (χ3n) is 7.10. The summed E-state index contributed by atoms with van der Waals surface area (Å²) in [4.78, 5) is 11.5. The van der Waals surface area contributed by atoms with E-state index in [2.05, 4.69) is 0 Å². The summed E-state index contributed by atoms with van der Waals surface area (Å²) >= 11 is 0. The lowest BCUT2D eigenvalue weighted by molar-refractivity contribution is -0.332. The van der Waals surface area contributed by atoms with Crippen molar-refractivity contribution in [3.05, 3.63) is 0 Å². The third kappa shape index (κ3) is 0.362. The first kappa shape index (κ1) is 7.67. The van der Waals surface area contributed by atoms with Gasteiger partial charge < -0.3 is 19.7 Å². The second kappa shape index (κ2) is 1.58. The van der Waals surface area contributed by atoms with E-state index in [0.717, 1.165) is 6.42 Å². The molecule has 7 fully saturated rings. The molecule has 10 unspecified atom stereocenters. The van der Waals surface area contributed by atoms with Gasteiger partial charge in [0.25, 0.3) is 0 Å². The van der Waals surface area contributed by atoms with Crippen LogP contribution in [0.5, 0.6) is 0 Å². The molecular formula is C12H11O4-. The van der Waals surface area contributed by atoms with E-state index in [4.69, 9.17) is 4.74 Å². The molecule has 0 radical (unpaired) electrons. The summed E-state index contributed by atoms with van der Waals surface area (Å²) in [5.41, 5.74) is -1.10. The van der Waals surface area contributed by atoms with Crippen LogP contribution in [0.2, 0.25) is 0 Å². The van der Waals surface area contributed by atoms with Crippen molar-refractivity contribution in [1.29, 1.82) is 0 Å². The molecule has 0 aromatic heterocycles. The molecule has 5 saturated carbocycles. The maximum absolute atomic E-state index is 11.5. The molecular weight excluding hydrogens is 208 g/mol. The van der Waals surface area contributed by atoms with E-state index in [1.54, 1.807) is 0 Å². The summed E-state index contributed by atoms with van der Waals surface area (Å²) in [5.74, 6) is 0.394. The Hall–Kier alpha value is -0.610. The smallest absolute Gasteiger partial charge is 0.173 e. The number of hydrogen-bond acceptors (Lipinski definition) is 4. The molecule has 2 saturated heterocycles. The average molecular weight is 219 g/mol. The maximum atomic E-state index is 11.5. The molecule has 0 aromatic rings. The molecule has 0 aromatic carbocycles. The predicted molar refractivity (Wildman–Crippen MR) is 46.3 cm³/mol. The fraction of sp³-hybridized carbons (Fsp3) is 0.917. The van der Waals surface area contributed by atoms with Crippen molar-refractivity contribution >= 4 is 5.97 Å². The summed E-state index contributed by atoms with van der Waals surface area (Å²) in [6.45, 7) is 0. The first-order valence-electron chi connectivity index (χ1n) is 6.26. The van der Waals surface area contributed by atoms with Gasteiger partial charge in [-0.25, -0.2) is 0 Å². The van der Waals surface area contributed by atoms with E-state index < -0.39 is 17.4 Å². The van der Waals surface area contributed by atoms with Crippen molar-refractivity contribution < 1.29 is 19.7 Å². The first-order chi connectivity index (χ1) is 7.62. The average Bonchev–Trinajstić information content (AvgIpc) is 2.74. The van der Waals surface area contributed by atoms with Crippen molar-refractivity contribution in [3.8, 4) is 0 Å². The minimum atomic E-state index is -1.10. The summed E-state index contributed by atoms with van der Waals surface area (Å²) < 4.78 is 5.70. The summed E-state index contributed by atoms with van der Waals surface area (Å²) in [7, 11) is 0. The fourth-order valence-electron chi connectivity index (χ4n) is 7.38. The number of carboxylic acid groups (broad SMARTS) is 1. The number of carbonyl (C=O) groups is 1. The normalized spacial score (nSPS) is 82.6. The highest BCUT2D eigenvalue weighted by Crippen LogP contribution is 2.92. The highest BCUT2D eigenvalue weighted by Gasteiger charge is 2.97. The molecule has 16 heavy (non-hydrogen) atoms. The summed E-state index contributed by atoms with van der Waals surface area (Å²) in [5, 5.41) is 22.2. The Kier molecular flexibility index (Phi) is 0.758. The van der Waals surface area contributed by atoms with Gasteiger partial charge in [0, 0.05) is 23.7 Å². The molecule has 0 spiro atoms. The lowest BCUT2D eigenvalue weighted by Gasteiger charge is -2.46. The molecule has 84 valence electrons. The number of aliphatic carboxylic acids is 1. The van der Waals surface area contributed by atoms with E-state index in [-0.39, 0.29) is 23.7 Å². The van der Waals surface area contributed by atoms with Crippen molar-refractivity contribution in [1.82, 2.24) is 0 Å². The Morgan fingerprint density at radius 1 is 1.19 bits per heavy atom. The second-order valence-corrected chi connectivity index (χ2v) is 6.76. The Bertz CT molecular complexity index is 489. The molecule has 4 bridgehead atoms. The van der Waals surface area contributed by atoms with Gasteiger partial charge >= 0.3 is 0 Å².